The number of hydrogen-bond acceptors (Lipinski definition) is 5. The van der Waals surface area contributed by atoms with Crippen LogP contribution >= 0.6 is 0 Å². The smallest absolute Gasteiger partial charge is 0.411 e. The predicted octanol–water partition coefficient (Wildman–Crippen LogP) is 2.49. The quantitative estimate of drug-likeness (QED) is 0.859. The Morgan fingerprint density at radius 3 is 2.50 bits per heavy atom. The van der Waals surface area contributed by atoms with E-state index in [1.165, 1.54) is 4.90 Å². The van der Waals surface area contributed by atoms with Crippen LogP contribution in [0.3, 0.4) is 0 Å². The van der Waals surface area contributed by atoms with E-state index in [0.29, 0.717) is 0 Å². The predicted molar refractivity (Wildman–Crippen MR) is 88.2 cm³/mol. The summed E-state index contributed by atoms with van der Waals surface area (Å²) in [6.07, 6.45) is -1.29. The van der Waals surface area contributed by atoms with Gasteiger partial charge in [0.1, 0.15) is 17.7 Å². The summed E-state index contributed by atoms with van der Waals surface area (Å²) in [5.74, 6) is -0.547. The summed E-state index contributed by atoms with van der Waals surface area (Å²) >= 11 is 0. The van der Waals surface area contributed by atoms with Gasteiger partial charge in [0.05, 0.1) is 12.6 Å². The highest BCUT2D eigenvalue weighted by molar-refractivity contribution is 5.86. The molecule has 1 fully saturated rings. The van der Waals surface area contributed by atoms with Crippen LogP contribution in [0.2, 0.25) is 0 Å². The van der Waals surface area contributed by atoms with Gasteiger partial charge < -0.3 is 14.6 Å². The molecule has 6 nitrogen and oxygen atoms in total. The van der Waals surface area contributed by atoms with E-state index in [0.717, 1.165) is 5.56 Å². The van der Waals surface area contributed by atoms with E-state index in [1.807, 2.05) is 30.3 Å². The van der Waals surface area contributed by atoms with Crippen molar-refractivity contribution >= 4 is 12.1 Å². The Kier molecular flexibility index (Phi) is 5.18. The van der Waals surface area contributed by atoms with Crippen LogP contribution < -0.4 is 0 Å². The van der Waals surface area contributed by atoms with Gasteiger partial charge in [0.25, 0.3) is 0 Å². The number of rotatable bonds is 3. The van der Waals surface area contributed by atoms with Crippen LogP contribution in [0.5, 0.6) is 0 Å². The molecule has 0 bridgehead atoms. The first-order valence-corrected chi connectivity index (χ1v) is 8.02. The normalized spacial score (nSPS) is 23.9. The first kappa shape index (κ1) is 18.3. The fourth-order valence-corrected chi connectivity index (χ4v) is 2.71. The van der Waals surface area contributed by atoms with Crippen molar-refractivity contribution in [3.63, 3.8) is 0 Å². The van der Waals surface area contributed by atoms with Crippen molar-refractivity contribution in [2.45, 2.75) is 58.0 Å². The Morgan fingerprint density at radius 2 is 1.92 bits per heavy atom. The molecular formula is C18H25NO5. The second kappa shape index (κ2) is 6.81. The lowest BCUT2D eigenvalue weighted by atomic mass is 9.98. The minimum Gasteiger partial charge on any atom is -0.459 e. The van der Waals surface area contributed by atoms with Gasteiger partial charge in [-0.25, -0.2) is 9.59 Å². The highest BCUT2D eigenvalue weighted by atomic mass is 16.6. The molecule has 1 N–H and O–H groups in total. The molecule has 1 aromatic rings. The summed E-state index contributed by atoms with van der Waals surface area (Å²) in [5.41, 5.74) is -1.06. The largest absolute Gasteiger partial charge is 0.459 e. The summed E-state index contributed by atoms with van der Waals surface area (Å²) in [5, 5.41) is 9.96. The second-order valence-electron chi connectivity index (χ2n) is 7.28. The fourth-order valence-electron chi connectivity index (χ4n) is 2.71. The molecule has 6 heteroatoms. The highest BCUT2D eigenvalue weighted by Crippen LogP contribution is 2.32. The van der Waals surface area contributed by atoms with Crippen LogP contribution in [0, 0.1) is 0 Å². The maximum Gasteiger partial charge on any atom is 0.411 e. The van der Waals surface area contributed by atoms with E-state index in [-0.39, 0.29) is 19.6 Å². The molecule has 0 radical (unpaired) electrons. The number of aliphatic hydroxyl groups is 1. The van der Waals surface area contributed by atoms with Crippen LogP contribution in [0.4, 0.5) is 4.79 Å². The lowest BCUT2D eigenvalue weighted by Crippen LogP contribution is -2.52. The Balaban J connectivity index is 2.09. The molecule has 1 amide bonds. The SMILES string of the molecule is CC(C)(C)OC(=O)N1C[C@@H](O)C[C@]1(C)C(=O)OCc1ccccc1. The Morgan fingerprint density at radius 1 is 1.29 bits per heavy atom. The summed E-state index contributed by atoms with van der Waals surface area (Å²) in [6.45, 7) is 7.02. The molecule has 132 valence electrons. The third-order valence-corrected chi connectivity index (χ3v) is 3.89. The maximum atomic E-state index is 12.6. The van der Waals surface area contributed by atoms with E-state index < -0.39 is 29.3 Å². The zero-order chi connectivity index (χ0) is 18.0. The molecule has 0 spiro atoms. The topological polar surface area (TPSA) is 76.1 Å². The number of benzene rings is 1. The summed E-state index contributed by atoms with van der Waals surface area (Å²) in [4.78, 5) is 26.2. The van der Waals surface area contributed by atoms with E-state index in [9.17, 15) is 14.7 Å². The van der Waals surface area contributed by atoms with Crippen LogP contribution in [-0.4, -0.2) is 45.9 Å². The van der Waals surface area contributed by atoms with E-state index in [4.69, 9.17) is 9.47 Å². The number of ether oxygens (including phenoxy) is 2. The highest BCUT2D eigenvalue weighted by Gasteiger charge is 2.52. The first-order chi connectivity index (χ1) is 11.1. The molecule has 0 unspecified atom stereocenters. The Labute approximate surface area is 142 Å². The van der Waals surface area contributed by atoms with Gasteiger partial charge in [0, 0.05) is 6.42 Å². The lowest BCUT2D eigenvalue weighted by Gasteiger charge is -2.34. The summed E-state index contributed by atoms with van der Waals surface area (Å²) in [7, 11) is 0. The number of β-amino-alcohol motifs (C(OH)–C–C–N with tert-alkyl or cyclic N) is 1. The Bertz CT molecular complexity index is 595. The molecule has 0 saturated carbocycles. The average Bonchev–Trinajstić information content (AvgIpc) is 2.80. The third kappa shape index (κ3) is 4.26. The van der Waals surface area contributed by atoms with Crippen LogP contribution in [-0.2, 0) is 20.9 Å². The third-order valence-electron chi connectivity index (χ3n) is 3.89. The number of carbonyl (C=O) groups excluding carboxylic acids is 2. The molecule has 1 saturated heterocycles. The number of aliphatic hydroxyl groups excluding tert-OH is 1. The van der Waals surface area contributed by atoms with Crippen molar-refractivity contribution in [1.29, 1.82) is 0 Å². The first-order valence-electron chi connectivity index (χ1n) is 8.02. The summed E-state index contributed by atoms with van der Waals surface area (Å²) in [6, 6.07) is 9.30. The van der Waals surface area contributed by atoms with Gasteiger partial charge in [-0.15, -0.1) is 0 Å². The van der Waals surface area contributed by atoms with Gasteiger partial charge in [0.15, 0.2) is 0 Å². The second-order valence-corrected chi connectivity index (χ2v) is 7.28. The van der Waals surface area contributed by atoms with E-state index in [1.54, 1.807) is 27.7 Å². The molecular weight excluding hydrogens is 310 g/mol. The van der Waals surface area contributed by atoms with Crippen LogP contribution in [0.25, 0.3) is 0 Å². The molecule has 2 atom stereocenters. The number of esters is 1. The van der Waals surface area contributed by atoms with Crippen molar-refractivity contribution in [3.05, 3.63) is 35.9 Å². The Hall–Kier alpha value is -2.08. The van der Waals surface area contributed by atoms with Gasteiger partial charge in [0.2, 0.25) is 0 Å². The summed E-state index contributed by atoms with van der Waals surface area (Å²) < 4.78 is 10.7. The molecule has 0 aliphatic carbocycles. The van der Waals surface area contributed by atoms with Crippen molar-refractivity contribution in [3.8, 4) is 0 Å². The van der Waals surface area contributed by atoms with Gasteiger partial charge >= 0.3 is 12.1 Å². The minimum atomic E-state index is -1.24. The molecule has 1 aliphatic rings. The maximum absolute atomic E-state index is 12.6. The van der Waals surface area contributed by atoms with Gasteiger partial charge in [-0.2, -0.15) is 0 Å². The van der Waals surface area contributed by atoms with E-state index in [2.05, 4.69) is 0 Å². The van der Waals surface area contributed by atoms with Gasteiger partial charge in [-0.05, 0) is 33.3 Å². The van der Waals surface area contributed by atoms with Gasteiger partial charge in [-0.3, -0.25) is 4.90 Å². The number of amides is 1. The number of nitrogens with zero attached hydrogens (tertiary/aromatic N) is 1. The zero-order valence-corrected chi connectivity index (χ0v) is 14.6. The molecule has 1 heterocycles. The standard InChI is InChI=1S/C18H25NO5/c1-17(2,3)24-16(22)19-11-14(20)10-18(19,4)15(21)23-12-13-8-6-5-7-9-13/h5-9,14,20H,10-12H2,1-4H3/t14-,18+/m0/s1. The molecule has 1 aromatic carbocycles. The molecule has 0 aromatic heterocycles. The molecule has 24 heavy (non-hydrogen) atoms. The van der Waals surface area contributed by atoms with Crippen molar-refractivity contribution in [1.82, 2.24) is 4.90 Å². The number of carbonyl (C=O) groups is 2. The minimum absolute atomic E-state index is 0.0475. The van der Waals surface area contributed by atoms with E-state index >= 15 is 0 Å². The molecule has 2 rings (SSSR count). The fraction of sp³-hybridized carbons (Fsp3) is 0.556. The average molecular weight is 335 g/mol. The van der Waals surface area contributed by atoms with Crippen molar-refractivity contribution < 1.29 is 24.2 Å². The van der Waals surface area contributed by atoms with Crippen LogP contribution in [0.1, 0.15) is 39.7 Å². The van der Waals surface area contributed by atoms with Gasteiger partial charge in [-0.1, -0.05) is 30.3 Å². The number of hydrogen-bond donors (Lipinski definition) is 1. The molecule has 1 aliphatic heterocycles. The monoisotopic (exact) mass is 335 g/mol. The zero-order valence-electron chi connectivity index (χ0n) is 14.6. The number of likely N-dealkylation sites (tertiary alicyclic amines) is 1. The van der Waals surface area contributed by atoms with Crippen LogP contribution in [0.15, 0.2) is 30.3 Å². The van der Waals surface area contributed by atoms with Crippen molar-refractivity contribution in [2.75, 3.05) is 6.54 Å². The van der Waals surface area contributed by atoms with Crippen molar-refractivity contribution in [2.24, 2.45) is 0 Å². The lowest BCUT2D eigenvalue weighted by molar-refractivity contribution is -0.156.